The number of H-pyrrole nitrogens is 1. The highest BCUT2D eigenvalue weighted by Gasteiger charge is 2.12. The van der Waals surface area contributed by atoms with Crippen molar-refractivity contribution in [3.8, 4) is 22.8 Å². The van der Waals surface area contributed by atoms with Crippen molar-refractivity contribution < 1.29 is 4.42 Å². The van der Waals surface area contributed by atoms with Gasteiger partial charge in [0.05, 0.1) is 5.69 Å². The van der Waals surface area contributed by atoms with Gasteiger partial charge in [0.1, 0.15) is 5.76 Å². The molecule has 0 aliphatic rings. The third kappa shape index (κ3) is 2.16. The molecule has 0 fully saturated rings. The Hall–Kier alpha value is -2.62. The van der Waals surface area contributed by atoms with E-state index in [0.717, 1.165) is 11.3 Å². The molecule has 2 aromatic heterocycles. The highest BCUT2D eigenvalue weighted by molar-refractivity contribution is 5.64. The van der Waals surface area contributed by atoms with Crippen LogP contribution in [0.2, 0.25) is 0 Å². The van der Waals surface area contributed by atoms with Crippen LogP contribution in [0.4, 0.5) is 0 Å². The van der Waals surface area contributed by atoms with Gasteiger partial charge in [0.15, 0.2) is 11.6 Å². The molecule has 100 valence electrons. The first kappa shape index (κ1) is 12.4. The number of aromatic amines is 1. The average molecular weight is 266 g/mol. The van der Waals surface area contributed by atoms with Crippen LogP contribution in [0.1, 0.15) is 11.3 Å². The molecule has 0 amide bonds. The minimum absolute atomic E-state index is 0.150. The van der Waals surface area contributed by atoms with Gasteiger partial charge >= 0.3 is 0 Å². The zero-order valence-electron chi connectivity index (χ0n) is 11.3. The molecule has 0 saturated carbocycles. The van der Waals surface area contributed by atoms with E-state index in [1.165, 1.54) is 0 Å². The predicted molar refractivity (Wildman–Crippen MR) is 77.5 cm³/mol. The van der Waals surface area contributed by atoms with Crippen LogP contribution >= 0.6 is 0 Å². The molecule has 3 aromatic rings. The van der Waals surface area contributed by atoms with Crippen LogP contribution in [0.25, 0.3) is 22.8 Å². The Labute approximate surface area is 116 Å². The average Bonchev–Trinajstić information content (AvgIpc) is 2.89. The quantitative estimate of drug-likeness (QED) is 0.774. The van der Waals surface area contributed by atoms with E-state index in [4.69, 9.17) is 4.42 Å². The Bertz CT molecular complexity index is 801. The molecular weight excluding hydrogens is 252 g/mol. The van der Waals surface area contributed by atoms with E-state index in [-0.39, 0.29) is 5.56 Å². The van der Waals surface area contributed by atoms with Crippen LogP contribution in [-0.2, 0) is 0 Å². The summed E-state index contributed by atoms with van der Waals surface area (Å²) in [4.78, 5) is 19.4. The van der Waals surface area contributed by atoms with Crippen molar-refractivity contribution in [2.75, 3.05) is 0 Å². The number of nitrogens with zero attached hydrogens (tertiary/aromatic N) is 1. The van der Waals surface area contributed by atoms with Crippen LogP contribution in [0.3, 0.4) is 0 Å². The van der Waals surface area contributed by atoms with Crippen molar-refractivity contribution in [1.82, 2.24) is 9.97 Å². The standard InChI is InChI=1S/C16H14N2O2/c1-10-8-9-13(20-10)15-17-14(11(2)16(19)18-15)12-6-4-3-5-7-12/h3-9H,1-2H3,(H,17,18,19). The van der Waals surface area contributed by atoms with E-state index in [0.29, 0.717) is 22.8 Å². The van der Waals surface area contributed by atoms with Crippen LogP contribution < -0.4 is 5.56 Å². The number of hydrogen-bond donors (Lipinski definition) is 1. The normalized spacial score (nSPS) is 10.7. The topological polar surface area (TPSA) is 58.9 Å². The summed E-state index contributed by atoms with van der Waals surface area (Å²) in [7, 11) is 0. The minimum Gasteiger partial charge on any atom is -0.458 e. The lowest BCUT2D eigenvalue weighted by Gasteiger charge is -2.06. The van der Waals surface area contributed by atoms with E-state index in [9.17, 15) is 4.79 Å². The molecule has 2 heterocycles. The molecule has 0 saturated heterocycles. The summed E-state index contributed by atoms with van der Waals surface area (Å²) in [5.41, 5.74) is 2.05. The summed E-state index contributed by atoms with van der Waals surface area (Å²) >= 11 is 0. The third-order valence-electron chi connectivity index (χ3n) is 3.17. The number of nitrogens with one attached hydrogen (secondary N) is 1. The largest absolute Gasteiger partial charge is 0.458 e. The Morgan fingerprint density at radius 3 is 2.45 bits per heavy atom. The van der Waals surface area contributed by atoms with Crippen molar-refractivity contribution in [3.05, 3.63) is 64.1 Å². The summed E-state index contributed by atoms with van der Waals surface area (Å²) < 4.78 is 5.52. The lowest BCUT2D eigenvalue weighted by molar-refractivity contribution is 0.544. The van der Waals surface area contributed by atoms with Gasteiger partial charge in [0.25, 0.3) is 5.56 Å². The maximum Gasteiger partial charge on any atom is 0.254 e. The fourth-order valence-electron chi connectivity index (χ4n) is 2.09. The molecule has 4 heteroatoms. The summed E-state index contributed by atoms with van der Waals surface area (Å²) in [6.07, 6.45) is 0. The van der Waals surface area contributed by atoms with Crippen molar-refractivity contribution in [2.24, 2.45) is 0 Å². The van der Waals surface area contributed by atoms with Crippen molar-refractivity contribution in [3.63, 3.8) is 0 Å². The summed E-state index contributed by atoms with van der Waals surface area (Å²) in [5, 5.41) is 0. The molecule has 20 heavy (non-hydrogen) atoms. The predicted octanol–water partition coefficient (Wildman–Crippen LogP) is 3.31. The monoisotopic (exact) mass is 266 g/mol. The second-order valence-corrected chi connectivity index (χ2v) is 4.66. The van der Waals surface area contributed by atoms with Gasteiger partial charge in [0, 0.05) is 11.1 Å². The molecule has 0 aliphatic carbocycles. The van der Waals surface area contributed by atoms with Gasteiger partial charge in [-0.15, -0.1) is 0 Å². The summed E-state index contributed by atoms with van der Waals surface area (Å²) in [5.74, 6) is 1.80. The number of aryl methyl sites for hydroxylation is 1. The lowest BCUT2D eigenvalue weighted by Crippen LogP contribution is -2.14. The van der Waals surface area contributed by atoms with Gasteiger partial charge in [-0.1, -0.05) is 30.3 Å². The van der Waals surface area contributed by atoms with Gasteiger partial charge in [-0.2, -0.15) is 0 Å². The van der Waals surface area contributed by atoms with E-state index in [1.54, 1.807) is 13.0 Å². The Morgan fingerprint density at radius 1 is 1.05 bits per heavy atom. The first-order chi connectivity index (χ1) is 9.65. The van der Waals surface area contributed by atoms with Crippen molar-refractivity contribution in [1.29, 1.82) is 0 Å². The lowest BCUT2D eigenvalue weighted by atomic mass is 10.1. The molecular formula is C16H14N2O2. The molecule has 3 rings (SSSR count). The van der Waals surface area contributed by atoms with Gasteiger partial charge in [-0.05, 0) is 26.0 Å². The van der Waals surface area contributed by atoms with Gasteiger partial charge in [-0.3, -0.25) is 4.79 Å². The SMILES string of the molecule is Cc1ccc(-c2nc(-c3ccccc3)c(C)c(=O)[nH]2)o1. The Kier molecular flexibility index (Phi) is 2.99. The first-order valence-corrected chi connectivity index (χ1v) is 6.38. The number of rotatable bonds is 2. The second-order valence-electron chi connectivity index (χ2n) is 4.66. The maximum atomic E-state index is 12.1. The van der Waals surface area contributed by atoms with E-state index < -0.39 is 0 Å². The molecule has 0 radical (unpaired) electrons. The van der Waals surface area contributed by atoms with E-state index in [2.05, 4.69) is 9.97 Å². The number of hydrogen-bond acceptors (Lipinski definition) is 3. The highest BCUT2D eigenvalue weighted by atomic mass is 16.3. The molecule has 0 bridgehead atoms. The van der Waals surface area contributed by atoms with Gasteiger partial charge < -0.3 is 9.40 Å². The van der Waals surface area contributed by atoms with Crippen LogP contribution in [-0.4, -0.2) is 9.97 Å². The first-order valence-electron chi connectivity index (χ1n) is 6.38. The molecule has 1 N–H and O–H groups in total. The van der Waals surface area contributed by atoms with Crippen molar-refractivity contribution in [2.45, 2.75) is 13.8 Å². The second kappa shape index (κ2) is 4.81. The third-order valence-corrected chi connectivity index (χ3v) is 3.17. The fraction of sp³-hybridized carbons (Fsp3) is 0.125. The number of aromatic nitrogens is 2. The fourth-order valence-corrected chi connectivity index (χ4v) is 2.09. The van der Waals surface area contributed by atoms with Crippen LogP contribution in [0, 0.1) is 13.8 Å². The zero-order chi connectivity index (χ0) is 14.1. The molecule has 1 aromatic carbocycles. The number of benzene rings is 1. The smallest absolute Gasteiger partial charge is 0.254 e. The highest BCUT2D eigenvalue weighted by Crippen LogP contribution is 2.23. The molecule has 0 unspecified atom stereocenters. The van der Waals surface area contributed by atoms with Crippen LogP contribution in [0.5, 0.6) is 0 Å². The zero-order valence-corrected chi connectivity index (χ0v) is 11.3. The Morgan fingerprint density at radius 2 is 1.80 bits per heavy atom. The summed E-state index contributed by atoms with van der Waals surface area (Å²) in [6, 6.07) is 13.3. The van der Waals surface area contributed by atoms with Crippen LogP contribution in [0.15, 0.2) is 51.7 Å². The molecule has 0 spiro atoms. The van der Waals surface area contributed by atoms with E-state index >= 15 is 0 Å². The molecule has 0 atom stereocenters. The number of furan rings is 1. The van der Waals surface area contributed by atoms with Crippen molar-refractivity contribution >= 4 is 0 Å². The minimum atomic E-state index is -0.150. The van der Waals surface area contributed by atoms with Gasteiger partial charge in [0.2, 0.25) is 0 Å². The van der Waals surface area contributed by atoms with Gasteiger partial charge in [-0.25, -0.2) is 4.98 Å². The molecule has 0 aliphatic heterocycles. The molecule has 4 nitrogen and oxygen atoms in total. The maximum absolute atomic E-state index is 12.1. The van der Waals surface area contributed by atoms with E-state index in [1.807, 2.05) is 43.3 Å². The summed E-state index contributed by atoms with van der Waals surface area (Å²) in [6.45, 7) is 3.62. The Balaban J connectivity index is 2.21.